The minimum Gasteiger partial charge on any atom is -0.542 e. The number of nitriles is 1. The number of halogens is 1. The first kappa shape index (κ1) is 30.7. The van der Waals surface area contributed by atoms with Crippen LogP contribution in [0.2, 0.25) is 0 Å². The molecule has 1 heterocycles. The molecule has 181 valence electrons. The standard InChI is InChI=1S/C24H25FN3O4Si.CH3.Li/c1-31-21-12-27-13-23(32-14-21)24(30)28-33(16-26)15-20-8-7-19(11-22(20)25)18-6-2-4-17(10-18)5-3-9-29;;/h2,6-8,10-11,21,23,27H,3,5,12-15H2,1H3,(H,28,30);1H3;/q-2;-1;+1/t21?,23-;;/m0../s1. The van der Waals surface area contributed by atoms with Crippen LogP contribution in [0.4, 0.5) is 4.39 Å². The predicted molar refractivity (Wildman–Crippen MR) is 128 cm³/mol. The molecular weight excluding hydrogens is 460 g/mol. The second-order valence-electron chi connectivity index (χ2n) is 7.65. The summed E-state index contributed by atoms with van der Waals surface area (Å²) in [6.45, 7) is 1.17. The van der Waals surface area contributed by atoms with Crippen molar-refractivity contribution in [2.24, 2.45) is 0 Å². The fourth-order valence-corrected chi connectivity index (χ4v) is 4.81. The smallest absolute Gasteiger partial charge is 0.542 e. The quantitative estimate of drug-likeness (QED) is 0.349. The first-order chi connectivity index (χ1) is 16.0. The molecule has 0 bridgehead atoms. The largest absolute Gasteiger partial charge is 1.00 e. The van der Waals surface area contributed by atoms with E-state index in [9.17, 15) is 19.2 Å². The molecule has 1 radical (unpaired) electrons. The molecule has 3 rings (SSSR count). The van der Waals surface area contributed by atoms with Gasteiger partial charge in [0.1, 0.15) is 11.9 Å². The number of ether oxygens (including phenoxy) is 2. The van der Waals surface area contributed by atoms with Crippen LogP contribution in [0, 0.1) is 30.3 Å². The Balaban J connectivity index is 0.00000306. The van der Waals surface area contributed by atoms with Crippen LogP contribution in [-0.4, -0.2) is 60.2 Å². The third-order valence-electron chi connectivity index (χ3n) is 5.33. The number of methoxy groups -OCH3 is 1. The van der Waals surface area contributed by atoms with Crippen molar-refractivity contribution in [3.8, 4) is 16.8 Å². The number of benzene rings is 2. The molecule has 1 fully saturated rings. The Kier molecular flexibility index (Phi) is 13.7. The molecule has 35 heavy (non-hydrogen) atoms. The minimum absolute atomic E-state index is 0. The van der Waals surface area contributed by atoms with Gasteiger partial charge in [-0.05, 0) is 17.2 Å². The number of nitrogens with one attached hydrogen (secondary N) is 2. The molecule has 7 nitrogen and oxygen atoms in total. The molecule has 2 aromatic rings. The maximum absolute atomic E-state index is 14.8. The second kappa shape index (κ2) is 15.6. The van der Waals surface area contributed by atoms with E-state index >= 15 is 0 Å². The Morgan fingerprint density at radius 2 is 2.14 bits per heavy atom. The van der Waals surface area contributed by atoms with Gasteiger partial charge in [0.2, 0.25) is 5.91 Å². The SMILES string of the molecule is COC1CNC[C@@H](C(=O)N[Si](C#N)Cc2ccc(-c3cc[c-]c(CC[C-]=O)c3)cc2F)OC1.[CH3-].[Li+]. The summed E-state index contributed by atoms with van der Waals surface area (Å²) >= 11 is 0. The molecule has 2 N–H and O–H groups in total. The van der Waals surface area contributed by atoms with Gasteiger partial charge in [-0.2, -0.15) is 36.2 Å². The van der Waals surface area contributed by atoms with Crippen molar-refractivity contribution in [1.82, 2.24) is 10.3 Å². The topological polar surface area (TPSA) is 100 Å². The molecule has 0 saturated carbocycles. The summed E-state index contributed by atoms with van der Waals surface area (Å²) in [7, 11) is -0.467. The molecule has 0 aliphatic carbocycles. The summed E-state index contributed by atoms with van der Waals surface area (Å²) in [6, 6.07) is 13.5. The fraction of sp³-hybridized carbons (Fsp3) is 0.360. The Hall–Kier alpha value is -2.31. The van der Waals surface area contributed by atoms with Gasteiger partial charge >= 0.3 is 27.8 Å². The number of hydrogen-bond acceptors (Lipinski definition) is 6. The molecule has 1 saturated heterocycles. The number of hydrogen-bond donors (Lipinski definition) is 2. The van der Waals surface area contributed by atoms with E-state index in [0.29, 0.717) is 30.6 Å². The van der Waals surface area contributed by atoms with Crippen LogP contribution in [0.1, 0.15) is 17.5 Å². The summed E-state index contributed by atoms with van der Waals surface area (Å²) in [4.78, 5) is 25.8. The van der Waals surface area contributed by atoms with Crippen LogP contribution in [0.3, 0.4) is 0 Å². The Labute approximate surface area is 220 Å². The van der Waals surface area contributed by atoms with Crippen LogP contribution in [0.15, 0.2) is 36.4 Å². The van der Waals surface area contributed by atoms with E-state index in [0.717, 1.165) is 11.1 Å². The molecular formula is C25H28FLiN3O4Si-2. The summed E-state index contributed by atoms with van der Waals surface area (Å²) in [6.07, 6.45) is 1.80. The zero-order valence-corrected chi connectivity index (χ0v) is 21.3. The van der Waals surface area contributed by atoms with Crippen LogP contribution < -0.4 is 29.2 Å². The molecule has 1 aliphatic heterocycles. The minimum atomic E-state index is -2.04. The average molecular weight is 489 g/mol. The van der Waals surface area contributed by atoms with Gasteiger partial charge in [0.15, 0.2) is 0 Å². The van der Waals surface area contributed by atoms with E-state index in [1.807, 2.05) is 18.4 Å². The number of rotatable bonds is 9. The summed E-state index contributed by atoms with van der Waals surface area (Å²) in [5.41, 5.74) is 4.84. The molecule has 0 aromatic heterocycles. The van der Waals surface area contributed by atoms with Gasteiger partial charge in [0, 0.05) is 26.2 Å². The first-order valence-corrected chi connectivity index (χ1v) is 12.3. The Bertz CT molecular complexity index is 1020. The number of carbonyl (C=O) groups excluding carboxylic acids is 2. The molecule has 2 atom stereocenters. The van der Waals surface area contributed by atoms with Gasteiger partial charge in [-0.3, -0.25) is 11.1 Å². The summed E-state index contributed by atoms with van der Waals surface area (Å²) in [5.74, 6) is -0.821. The molecule has 0 spiro atoms. The number of nitrogens with zero attached hydrogens (tertiary/aromatic N) is 1. The number of aryl methyl sites for hydroxylation is 1. The van der Waals surface area contributed by atoms with E-state index in [4.69, 9.17) is 9.47 Å². The monoisotopic (exact) mass is 488 g/mol. The van der Waals surface area contributed by atoms with E-state index < -0.39 is 20.9 Å². The van der Waals surface area contributed by atoms with Crippen molar-refractivity contribution in [3.05, 3.63) is 66.8 Å². The fourth-order valence-electron chi connectivity index (χ4n) is 3.46. The number of carbonyl (C=O) groups is 1. The zero-order chi connectivity index (χ0) is 23.6. The van der Waals surface area contributed by atoms with E-state index in [1.54, 1.807) is 25.3 Å². The third kappa shape index (κ3) is 9.01. The zero-order valence-electron chi connectivity index (χ0n) is 20.3. The summed E-state index contributed by atoms with van der Waals surface area (Å²) in [5, 5.41) is 12.6. The average Bonchev–Trinajstić information content (AvgIpc) is 3.09. The van der Waals surface area contributed by atoms with Crippen molar-refractivity contribution < 1.29 is 42.3 Å². The van der Waals surface area contributed by atoms with Crippen LogP contribution in [-0.2, 0) is 31.5 Å². The van der Waals surface area contributed by atoms with Crippen molar-refractivity contribution in [1.29, 1.82) is 5.26 Å². The van der Waals surface area contributed by atoms with Crippen LogP contribution in [0.5, 0.6) is 0 Å². The third-order valence-corrected chi connectivity index (χ3v) is 6.88. The van der Waals surface area contributed by atoms with Crippen molar-refractivity contribution >= 4 is 21.2 Å². The van der Waals surface area contributed by atoms with E-state index in [-0.39, 0.29) is 57.4 Å². The van der Waals surface area contributed by atoms with Crippen molar-refractivity contribution in [3.63, 3.8) is 0 Å². The maximum atomic E-state index is 14.8. The van der Waals surface area contributed by atoms with Gasteiger partial charge < -0.3 is 32.0 Å². The molecule has 1 amide bonds. The Morgan fingerprint density at radius 1 is 1.37 bits per heavy atom. The van der Waals surface area contributed by atoms with Crippen molar-refractivity contribution in [2.45, 2.75) is 31.1 Å². The van der Waals surface area contributed by atoms with Gasteiger partial charge in [-0.25, -0.2) is 9.65 Å². The number of amides is 1. The molecule has 1 aliphatic rings. The Morgan fingerprint density at radius 3 is 2.83 bits per heavy atom. The van der Waals surface area contributed by atoms with Gasteiger partial charge in [-0.15, -0.1) is 5.56 Å². The first-order valence-electron chi connectivity index (χ1n) is 10.6. The summed E-state index contributed by atoms with van der Waals surface area (Å²) < 4.78 is 25.7. The molecule has 2 aromatic carbocycles. The van der Waals surface area contributed by atoms with Crippen LogP contribution in [0.25, 0.3) is 11.1 Å². The van der Waals surface area contributed by atoms with Crippen molar-refractivity contribution in [2.75, 3.05) is 26.8 Å². The van der Waals surface area contributed by atoms with Gasteiger partial charge in [0.05, 0.1) is 18.4 Å². The molecule has 10 heteroatoms. The van der Waals surface area contributed by atoms with Gasteiger partial charge in [0.25, 0.3) is 0 Å². The van der Waals surface area contributed by atoms with Gasteiger partial charge in [-0.1, -0.05) is 18.6 Å². The maximum Gasteiger partial charge on any atom is 1.00 e. The second-order valence-corrected chi connectivity index (χ2v) is 9.43. The van der Waals surface area contributed by atoms with Crippen LogP contribution >= 0.6 is 0 Å². The van der Waals surface area contributed by atoms with E-state index in [1.165, 1.54) is 6.07 Å². The van der Waals surface area contributed by atoms with E-state index in [2.05, 4.69) is 22.1 Å². The molecule has 1 unspecified atom stereocenters. The predicted octanol–water partition coefficient (Wildman–Crippen LogP) is -0.955. The normalized spacial score (nSPS) is 17.3.